The van der Waals surface area contributed by atoms with E-state index < -0.39 is 5.97 Å². The molecule has 3 nitrogen and oxygen atoms in total. The number of aliphatic carboxylic acids is 1. The van der Waals surface area contributed by atoms with Crippen LogP contribution < -0.4 is 5.32 Å². The SMILES string of the molecule is CCC(C)(C)NCCC(=O)O. The first kappa shape index (κ1) is 10.4. The molecule has 0 fully saturated rings. The molecule has 0 saturated carbocycles. The molecule has 0 saturated heterocycles. The maximum Gasteiger partial charge on any atom is 0.304 e. The Bertz CT molecular complexity index is 132. The van der Waals surface area contributed by atoms with Crippen LogP contribution in [0.2, 0.25) is 0 Å². The maximum atomic E-state index is 10.1. The molecule has 0 aliphatic carbocycles. The smallest absolute Gasteiger partial charge is 0.304 e. The lowest BCUT2D eigenvalue weighted by molar-refractivity contribution is -0.136. The molecule has 2 N–H and O–H groups in total. The van der Waals surface area contributed by atoms with Gasteiger partial charge in [-0.2, -0.15) is 0 Å². The second kappa shape index (κ2) is 4.34. The zero-order valence-corrected chi connectivity index (χ0v) is 7.48. The summed E-state index contributed by atoms with van der Waals surface area (Å²) in [6.45, 7) is 6.76. The second-order valence-corrected chi connectivity index (χ2v) is 3.31. The number of carbonyl (C=O) groups is 1. The average Bonchev–Trinajstić information content (AvgIpc) is 1.87. The molecular weight excluding hydrogens is 142 g/mol. The van der Waals surface area contributed by atoms with Gasteiger partial charge in [0.1, 0.15) is 0 Å². The molecular formula is C8H17NO2. The van der Waals surface area contributed by atoms with Crippen LogP contribution in [0.25, 0.3) is 0 Å². The molecule has 66 valence electrons. The molecule has 0 aromatic heterocycles. The van der Waals surface area contributed by atoms with Gasteiger partial charge in [0.25, 0.3) is 0 Å². The molecule has 0 radical (unpaired) electrons. The van der Waals surface area contributed by atoms with Crippen molar-refractivity contribution in [2.45, 2.75) is 39.2 Å². The van der Waals surface area contributed by atoms with Crippen molar-refractivity contribution in [2.24, 2.45) is 0 Å². The average molecular weight is 159 g/mol. The fourth-order valence-corrected chi connectivity index (χ4v) is 0.633. The number of carboxylic acids is 1. The van der Waals surface area contributed by atoms with Crippen molar-refractivity contribution in [2.75, 3.05) is 6.54 Å². The number of nitrogens with one attached hydrogen (secondary N) is 1. The first-order valence-electron chi connectivity index (χ1n) is 3.95. The van der Waals surface area contributed by atoms with E-state index in [1.54, 1.807) is 0 Å². The van der Waals surface area contributed by atoms with Gasteiger partial charge in [-0.15, -0.1) is 0 Å². The lowest BCUT2D eigenvalue weighted by Crippen LogP contribution is -2.39. The van der Waals surface area contributed by atoms with Gasteiger partial charge >= 0.3 is 5.97 Å². The predicted molar refractivity (Wildman–Crippen MR) is 44.6 cm³/mol. The number of hydrogen-bond donors (Lipinski definition) is 2. The van der Waals surface area contributed by atoms with Gasteiger partial charge < -0.3 is 10.4 Å². The Morgan fingerprint density at radius 1 is 1.55 bits per heavy atom. The fraction of sp³-hybridized carbons (Fsp3) is 0.875. The summed E-state index contributed by atoms with van der Waals surface area (Å²) in [5.74, 6) is -0.746. The summed E-state index contributed by atoms with van der Waals surface area (Å²) in [4.78, 5) is 10.1. The van der Waals surface area contributed by atoms with Crippen molar-refractivity contribution in [1.29, 1.82) is 0 Å². The highest BCUT2D eigenvalue weighted by atomic mass is 16.4. The summed E-state index contributed by atoms with van der Waals surface area (Å²) in [6, 6.07) is 0. The monoisotopic (exact) mass is 159 g/mol. The molecule has 11 heavy (non-hydrogen) atoms. The Labute approximate surface area is 67.8 Å². The molecule has 0 aliphatic heterocycles. The van der Waals surface area contributed by atoms with Crippen molar-refractivity contribution in [3.63, 3.8) is 0 Å². The van der Waals surface area contributed by atoms with Crippen LogP contribution in [-0.2, 0) is 4.79 Å². The van der Waals surface area contributed by atoms with Gasteiger partial charge in [0.2, 0.25) is 0 Å². The Morgan fingerprint density at radius 2 is 2.09 bits per heavy atom. The summed E-state index contributed by atoms with van der Waals surface area (Å²) in [5.41, 5.74) is 0.0649. The Hall–Kier alpha value is -0.570. The van der Waals surface area contributed by atoms with Gasteiger partial charge in [-0.3, -0.25) is 4.79 Å². The third-order valence-electron chi connectivity index (χ3n) is 1.83. The van der Waals surface area contributed by atoms with Crippen LogP contribution in [0.1, 0.15) is 33.6 Å². The van der Waals surface area contributed by atoms with Gasteiger partial charge in [-0.25, -0.2) is 0 Å². The number of rotatable bonds is 5. The second-order valence-electron chi connectivity index (χ2n) is 3.31. The topological polar surface area (TPSA) is 49.3 Å². The van der Waals surface area contributed by atoms with Crippen LogP contribution in [0.5, 0.6) is 0 Å². The number of hydrogen-bond acceptors (Lipinski definition) is 2. The van der Waals surface area contributed by atoms with E-state index >= 15 is 0 Å². The third-order valence-corrected chi connectivity index (χ3v) is 1.83. The van der Waals surface area contributed by atoms with Crippen LogP contribution in [0, 0.1) is 0 Å². The molecule has 0 rings (SSSR count). The highest BCUT2D eigenvalue weighted by molar-refractivity contribution is 5.66. The minimum atomic E-state index is -0.746. The molecule has 0 heterocycles. The molecule has 0 spiro atoms. The van der Waals surface area contributed by atoms with Gasteiger partial charge in [0, 0.05) is 12.1 Å². The minimum Gasteiger partial charge on any atom is -0.481 e. The van der Waals surface area contributed by atoms with Gasteiger partial charge in [-0.1, -0.05) is 6.92 Å². The van der Waals surface area contributed by atoms with Gasteiger partial charge in [0.05, 0.1) is 6.42 Å². The standard InChI is InChI=1S/C8H17NO2/c1-4-8(2,3)9-6-5-7(10)11/h9H,4-6H2,1-3H3,(H,10,11). The van der Waals surface area contributed by atoms with Crippen molar-refractivity contribution < 1.29 is 9.90 Å². The molecule has 0 aliphatic rings. The summed E-state index contributed by atoms with van der Waals surface area (Å²) >= 11 is 0. The highest BCUT2D eigenvalue weighted by Gasteiger charge is 2.13. The maximum absolute atomic E-state index is 10.1. The van der Waals surface area contributed by atoms with E-state index in [0.717, 1.165) is 6.42 Å². The van der Waals surface area contributed by atoms with E-state index in [4.69, 9.17) is 5.11 Å². The fourth-order valence-electron chi connectivity index (χ4n) is 0.633. The highest BCUT2D eigenvalue weighted by Crippen LogP contribution is 2.05. The van der Waals surface area contributed by atoms with Gasteiger partial charge in [-0.05, 0) is 20.3 Å². The van der Waals surface area contributed by atoms with E-state index in [2.05, 4.69) is 26.1 Å². The van der Waals surface area contributed by atoms with Crippen molar-refractivity contribution in [3.8, 4) is 0 Å². The van der Waals surface area contributed by atoms with Gasteiger partial charge in [0.15, 0.2) is 0 Å². The summed E-state index contributed by atoms with van der Waals surface area (Å²) in [6.07, 6.45) is 1.20. The van der Waals surface area contributed by atoms with Crippen LogP contribution in [0.15, 0.2) is 0 Å². The molecule has 0 bridgehead atoms. The summed E-state index contributed by atoms with van der Waals surface area (Å²) in [7, 11) is 0. The molecule has 0 atom stereocenters. The molecule has 0 amide bonds. The van der Waals surface area contributed by atoms with E-state index in [1.165, 1.54) is 0 Å². The third kappa shape index (κ3) is 5.85. The van der Waals surface area contributed by atoms with Crippen molar-refractivity contribution >= 4 is 5.97 Å². The first-order chi connectivity index (χ1) is 4.98. The molecule has 3 heteroatoms. The molecule has 0 aromatic carbocycles. The Kier molecular flexibility index (Phi) is 4.11. The first-order valence-corrected chi connectivity index (χ1v) is 3.95. The van der Waals surface area contributed by atoms with Crippen molar-refractivity contribution in [1.82, 2.24) is 5.32 Å². The zero-order chi connectivity index (χ0) is 8.91. The molecule has 0 unspecified atom stereocenters. The van der Waals surface area contributed by atoms with Crippen LogP contribution >= 0.6 is 0 Å². The quantitative estimate of drug-likeness (QED) is 0.634. The van der Waals surface area contributed by atoms with Crippen LogP contribution in [0.4, 0.5) is 0 Å². The van der Waals surface area contributed by atoms with Crippen LogP contribution in [0.3, 0.4) is 0 Å². The lowest BCUT2D eigenvalue weighted by Gasteiger charge is -2.23. The van der Waals surface area contributed by atoms with E-state index in [-0.39, 0.29) is 12.0 Å². The van der Waals surface area contributed by atoms with Crippen LogP contribution in [-0.4, -0.2) is 23.2 Å². The summed E-state index contributed by atoms with van der Waals surface area (Å²) in [5, 5.41) is 11.5. The Balaban J connectivity index is 3.45. The lowest BCUT2D eigenvalue weighted by atomic mass is 10.0. The molecule has 0 aromatic rings. The predicted octanol–water partition coefficient (Wildman–Crippen LogP) is 1.24. The summed E-state index contributed by atoms with van der Waals surface area (Å²) < 4.78 is 0. The largest absolute Gasteiger partial charge is 0.481 e. The Morgan fingerprint density at radius 3 is 2.45 bits per heavy atom. The normalized spacial score (nSPS) is 11.5. The van der Waals surface area contributed by atoms with E-state index in [9.17, 15) is 4.79 Å². The van der Waals surface area contributed by atoms with E-state index in [1.807, 2.05) is 0 Å². The zero-order valence-electron chi connectivity index (χ0n) is 7.48. The number of carboxylic acid groups (broad SMARTS) is 1. The van der Waals surface area contributed by atoms with E-state index in [0.29, 0.717) is 6.54 Å². The minimum absolute atomic E-state index is 0.0649. The van der Waals surface area contributed by atoms with Crippen molar-refractivity contribution in [3.05, 3.63) is 0 Å².